The lowest BCUT2D eigenvalue weighted by molar-refractivity contribution is -0.119. The third-order valence-electron chi connectivity index (χ3n) is 4.82. The van der Waals surface area contributed by atoms with Gasteiger partial charge in [0.2, 0.25) is 5.91 Å². The summed E-state index contributed by atoms with van der Waals surface area (Å²) < 4.78 is 0. The Morgan fingerprint density at radius 3 is 2.50 bits per heavy atom. The Morgan fingerprint density at radius 2 is 1.82 bits per heavy atom. The van der Waals surface area contributed by atoms with Gasteiger partial charge in [0.25, 0.3) is 0 Å². The smallest absolute Gasteiger partial charge is 0.228 e. The van der Waals surface area contributed by atoms with E-state index in [-0.39, 0.29) is 5.91 Å². The number of carbonyl (C=O) groups is 1. The van der Waals surface area contributed by atoms with Gasteiger partial charge in [0.1, 0.15) is 0 Å². The van der Waals surface area contributed by atoms with Crippen molar-refractivity contribution in [2.24, 2.45) is 0 Å². The first kappa shape index (κ1) is 15.5. The Kier molecular flexibility index (Phi) is 5.46. The van der Waals surface area contributed by atoms with Crippen molar-refractivity contribution in [1.82, 2.24) is 10.2 Å². The van der Waals surface area contributed by atoms with Crippen molar-refractivity contribution in [3.8, 4) is 0 Å². The Balaban J connectivity index is 1.67. The van der Waals surface area contributed by atoms with Crippen LogP contribution in [0.4, 0.5) is 5.69 Å². The van der Waals surface area contributed by atoms with Crippen molar-refractivity contribution in [3.05, 3.63) is 30.3 Å². The molecule has 3 rings (SSSR count). The number of rotatable bonds is 5. The molecule has 0 bridgehead atoms. The molecule has 1 N–H and O–H groups in total. The second-order valence-corrected chi connectivity index (χ2v) is 6.38. The first-order valence-electron chi connectivity index (χ1n) is 8.65. The van der Waals surface area contributed by atoms with Crippen LogP contribution in [0.1, 0.15) is 32.1 Å². The molecule has 2 heterocycles. The summed E-state index contributed by atoms with van der Waals surface area (Å²) >= 11 is 0. The first-order valence-corrected chi connectivity index (χ1v) is 8.65. The van der Waals surface area contributed by atoms with E-state index in [1.165, 1.54) is 12.8 Å². The number of benzene rings is 1. The van der Waals surface area contributed by atoms with Crippen LogP contribution in [0.2, 0.25) is 0 Å². The Morgan fingerprint density at radius 1 is 1.14 bits per heavy atom. The summed E-state index contributed by atoms with van der Waals surface area (Å²) in [5, 5.41) is 3.39. The van der Waals surface area contributed by atoms with E-state index in [2.05, 4.69) is 27.2 Å². The van der Waals surface area contributed by atoms with Gasteiger partial charge in [0.05, 0.1) is 0 Å². The lowest BCUT2D eigenvalue weighted by Gasteiger charge is -2.35. The predicted molar refractivity (Wildman–Crippen MR) is 90.1 cm³/mol. The summed E-state index contributed by atoms with van der Waals surface area (Å²) in [7, 11) is 0. The van der Waals surface area contributed by atoms with Crippen molar-refractivity contribution in [2.75, 3.05) is 37.6 Å². The lowest BCUT2D eigenvalue weighted by atomic mass is 10.0. The second kappa shape index (κ2) is 7.75. The minimum absolute atomic E-state index is 0.282. The molecule has 0 radical (unpaired) electrons. The molecule has 22 heavy (non-hydrogen) atoms. The number of amides is 1. The van der Waals surface area contributed by atoms with E-state index in [9.17, 15) is 4.79 Å². The zero-order valence-electron chi connectivity index (χ0n) is 13.3. The summed E-state index contributed by atoms with van der Waals surface area (Å²) in [4.78, 5) is 17.4. The molecule has 4 heteroatoms. The van der Waals surface area contributed by atoms with Crippen LogP contribution in [-0.2, 0) is 4.79 Å². The normalized spacial score (nSPS) is 20.2. The molecule has 1 aromatic carbocycles. The van der Waals surface area contributed by atoms with Gasteiger partial charge in [-0.2, -0.15) is 0 Å². The monoisotopic (exact) mass is 301 g/mol. The van der Waals surface area contributed by atoms with Crippen LogP contribution in [0.3, 0.4) is 0 Å². The lowest BCUT2D eigenvalue weighted by Crippen LogP contribution is -2.47. The van der Waals surface area contributed by atoms with Gasteiger partial charge in [-0.25, -0.2) is 0 Å². The number of piperidine rings is 1. The summed E-state index contributed by atoms with van der Waals surface area (Å²) in [6.07, 6.45) is 5.29. The fourth-order valence-corrected chi connectivity index (χ4v) is 3.59. The molecule has 1 amide bonds. The molecule has 2 saturated heterocycles. The van der Waals surface area contributed by atoms with E-state index in [1.807, 2.05) is 18.2 Å². The predicted octanol–water partition coefficient (Wildman–Crippen LogP) is 2.26. The van der Waals surface area contributed by atoms with E-state index in [1.54, 1.807) is 0 Å². The molecule has 1 aromatic rings. The molecule has 0 spiro atoms. The van der Waals surface area contributed by atoms with E-state index in [4.69, 9.17) is 0 Å². The number of carbonyl (C=O) groups excluding carboxylic acids is 1. The van der Waals surface area contributed by atoms with Crippen molar-refractivity contribution in [3.63, 3.8) is 0 Å². The van der Waals surface area contributed by atoms with Gasteiger partial charge in [-0.05, 0) is 64.0 Å². The minimum atomic E-state index is 0.282. The van der Waals surface area contributed by atoms with Crippen LogP contribution < -0.4 is 10.2 Å². The van der Waals surface area contributed by atoms with Gasteiger partial charge in [0, 0.05) is 24.7 Å². The van der Waals surface area contributed by atoms with E-state index in [0.29, 0.717) is 12.5 Å². The van der Waals surface area contributed by atoms with Crippen LogP contribution in [-0.4, -0.2) is 49.6 Å². The molecule has 0 aliphatic carbocycles. The maximum atomic E-state index is 12.9. The largest absolute Gasteiger partial charge is 0.317 e. The second-order valence-electron chi connectivity index (χ2n) is 6.38. The SMILES string of the molecule is O=C(CCN1CCCC1)N(c1ccccc1)C1CCNCC1. The van der Waals surface area contributed by atoms with Crippen LogP contribution in [0.15, 0.2) is 30.3 Å². The number of para-hydroxylation sites is 1. The molecule has 0 atom stereocenters. The van der Waals surface area contributed by atoms with Crippen molar-refractivity contribution < 1.29 is 4.79 Å². The average molecular weight is 301 g/mol. The zero-order chi connectivity index (χ0) is 15.2. The third-order valence-corrected chi connectivity index (χ3v) is 4.82. The number of nitrogens with one attached hydrogen (secondary N) is 1. The van der Waals surface area contributed by atoms with Gasteiger partial charge in [-0.3, -0.25) is 4.79 Å². The van der Waals surface area contributed by atoms with Gasteiger partial charge < -0.3 is 15.1 Å². The molecule has 120 valence electrons. The zero-order valence-corrected chi connectivity index (χ0v) is 13.3. The quantitative estimate of drug-likeness (QED) is 0.906. The van der Waals surface area contributed by atoms with E-state index >= 15 is 0 Å². The summed E-state index contributed by atoms with van der Waals surface area (Å²) in [6.45, 7) is 5.24. The summed E-state index contributed by atoms with van der Waals surface area (Å²) in [6, 6.07) is 10.5. The number of hydrogen-bond acceptors (Lipinski definition) is 3. The minimum Gasteiger partial charge on any atom is -0.317 e. The maximum Gasteiger partial charge on any atom is 0.228 e. The Hall–Kier alpha value is -1.39. The number of hydrogen-bond donors (Lipinski definition) is 1. The molecule has 2 fully saturated rings. The summed E-state index contributed by atoms with van der Waals surface area (Å²) in [5.74, 6) is 0.282. The van der Waals surface area contributed by atoms with Crippen molar-refractivity contribution >= 4 is 11.6 Å². The van der Waals surface area contributed by atoms with E-state index in [0.717, 1.165) is 51.3 Å². The molecule has 0 aromatic heterocycles. The van der Waals surface area contributed by atoms with Crippen LogP contribution in [0.25, 0.3) is 0 Å². The number of likely N-dealkylation sites (tertiary alicyclic amines) is 1. The fraction of sp³-hybridized carbons (Fsp3) is 0.611. The highest BCUT2D eigenvalue weighted by atomic mass is 16.2. The standard InChI is InChI=1S/C18H27N3O/c22-18(10-15-20-13-4-5-14-20)21(16-6-2-1-3-7-16)17-8-11-19-12-9-17/h1-3,6-7,17,19H,4-5,8-15H2. The van der Waals surface area contributed by atoms with Crippen molar-refractivity contribution in [2.45, 2.75) is 38.1 Å². The fourth-order valence-electron chi connectivity index (χ4n) is 3.59. The molecule has 0 unspecified atom stereocenters. The average Bonchev–Trinajstić information content (AvgIpc) is 3.09. The van der Waals surface area contributed by atoms with E-state index < -0.39 is 0 Å². The van der Waals surface area contributed by atoms with Crippen LogP contribution in [0.5, 0.6) is 0 Å². The highest BCUT2D eigenvalue weighted by molar-refractivity contribution is 5.94. The van der Waals surface area contributed by atoms with Gasteiger partial charge >= 0.3 is 0 Å². The molecule has 4 nitrogen and oxygen atoms in total. The first-order chi connectivity index (χ1) is 10.8. The molecular weight excluding hydrogens is 274 g/mol. The molecule has 2 aliphatic heterocycles. The number of nitrogens with zero attached hydrogens (tertiary/aromatic N) is 2. The van der Waals surface area contributed by atoms with Gasteiger partial charge in [0.15, 0.2) is 0 Å². The molecule has 2 aliphatic rings. The topological polar surface area (TPSA) is 35.6 Å². The maximum absolute atomic E-state index is 12.9. The summed E-state index contributed by atoms with van der Waals surface area (Å²) in [5.41, 5.74) is 1.06. The van der Waals surface area contributed by atoms with Crippen molar-refractivity contribution in [1.29, 1.82) is 0 Å². The highest BCUT2D eigenvalue weighted by Gasteiger charge is 2.27. The molecular formula is C18H27N3O. The highest BCUT2D eigenvalue weighted by Crippen LogP contribution is 2.23. The molecule has 0 saturated carbocycles. The Labute approximate surface area is 133 Å². The third kappa shape index (κ3) is 3.87. The Bertz CT molecular complexity index is 464. The van der Waals surface area contributed by atoms with Gasteiger partial charge in [-0.15, -0.1) is 0 Å². The number of anilines is 1. The van der Waals surface area contributed by atoms with Crippen LogP contribution in [0, 0.1) is 0 Å². The van der Waals surface area contributed by atoms with Crippen LogP contribution >= 0.6 is 0 Å². The van der Waals surface area contributed by atoms with Gasteiger partial charge in [-0.1, -0.05) is 18.2 Å².